The number of nitrogen functional groups attached to an aromatic ring is 2. The molecule has 3 rings (SSSR count). The average molecular weight is 302 g/mol. The Labute approximate surface area is 124 Å². The molecule has 6 nitrogen and oxygen atoms in total. The number of benzene rings is 2. The van der Waals surface area contributed by atoms with Gasteiger partial charge < -0.3 is 21.7 Å². The molecule has 106 valence electrons. The maximum absolute atomic E-state index is 12.6. The van der Waals surface area contributed by atoms with Gasteiger partial charge in [-0.25, -0.2) is 0 Å². The maximum atomic E-state index is 12.6. The van der Waals surface area contributed by atoms with Crippen molar-refractivity contribution in [3.05, 3.63) is 40.5 Å². The van der Waals surface area contributed by atoms with E-state index >= 15 is 0 Å². The number of aromatic hydroxyl groups is 2. The molecule has 0 amide bonds. The Kier molecular flexibility index (Phi) is 2.64. The Morgan fingerprint density at radius 2 is 1.43 bits per heavy atom. The number of phenolic OH excluding ortho intramolecular Hbond substituents is 2. The van der Waals surface area contributed by atoms with E-state index in [4.69, 9.17) is 11.5 Å². The van der Waals surface area contributed by atoms with Crippen molar-refractivity contribution in [2.24, 2.45) is 0 Å². The largest absolute Gasteiger partial charge is 0.507 e. The summed E-state index contributed by atoms with van der Waals surface area (Å²) >= 11 is 4.01. The second-order valence-electron chi connectivity index (χ2n) is 4.67. The maximum Gasteiger partial charge on any atom is 0.200 e. The summed E-state index contributed by atoms with van der Waals surface area (Å²) < 4.78 is 0. The summed E-state index contributed by atoms with van der Waals surface area (Å²) in [6, 6.07) is 3.82. The SMILES string of the molecule is Nc1ccc(O)c2c1C(=O)c1c(O)c(S)cc(N)c1C2=O. The molecule has 7 heteroatoms. The number of anilines is 2. The second-order valence-corrected chi connectivity index (χ2v) is 5.15. The summed E-state index contributed by atoms with van der Waals surface area (Å²) in [7, 11) is 0. The standard InChI is InChI=1S/C14H10N2O4S/c15-4-1-2-6(17)10-8(4)14(20)11-9(13(10)19)5(16)3-7(21)12(11)18/h1-3,17-18,21H,15-16H2. The van der Waals surface area contributed by atoms with Crippen LogP contribution in [0.3, 0.4) is 0 Å². The topological polar surface area (TPSA) is 127 Å². The van der Waals surface area contributed by atoms with Crippen LogP contribution >= 0.6 is 12.6 Å². The van der Waals surface area contributed by atoms with Crippen molar-refractivity contribution in [3.8, 4) is 11.5 Å². The summed E-state index contributed by atoms with van der Waals surface area (Å²) in [4.78, 5) is 25.2. The van der Waals surface area contributed by atoms with E-state index in [0.717, 1.165) is 0 Å². The minimum absolute atomic E-state index is 0.00127. The van der Waals surface area contributed by atoms with Crippen LogP contribution < -0.4 is 11.5 Å². The van der Waals surface area contributed by atoms with E-state index < -0.39 is 17.3 Å². The fourth-order valence-corrected chi connectivity index (χ4v) is 2.73. The third-order valence-corrected chi connectivity index (χ3v) is 3.78. The van der Waals surface area contributed by atoms with Gasteiger partial charge in [0.2, 0.25) is 11.6 Å². The van der Waals surface area contributed by atoms with Crippen LogP contribution in [0.25, 0.3) is 0 Å². The van der Waals surface area contributed by atoms with Gasteiger partial charge in [-0.15, -0.1) is 12.6 Å². The lowest BCUT2D eigenvalue weighted by Crippen LogP contribution is -2.24. The number of hydrogen-bond acceptors (Lipinski definition) is 7. The zero-order valence-electron chi connectivity index (χ0n) is 10.5. The van der Waals surface area contributed by atoms with Gasteiger partial charge in [-0.3, -0.25) is 9.59 Å². The predicted molar refractivity (Wildman–Crippen MR) is 79.2 cm³/mol. The number of fused-ring (bicyclic) bond motifs is 2. The third-order valence-electron chi connectivity index (χ3n) is 3.43. The molecule has 0 spiro atoms. The number of rotatable bonds is 0. The number of ketones is 2. The van der Waals surface area contributed by atoms with Crippen molar-refractivity contribution < 1.29 is 19.8 Å². The van der Waals surface area contributed by atoms with Crippen molar-refractivity contribution in [1.82, 2.24) is 0 Å². The first kappa shape index (κ1) is 13.3. The molecule has 0 fully saturated rings. The van der Waals surface area contributed by atoms with Crippen LogP contribution in [0.2, 0.25) is 0 Å². The first-order valence-electron chi connectivity index (χ1n) is 5.89. The Bertz CT molecular complexity index is 846. The van der Waals surface area contributed by atoms with Gasteiger partial charge in [0.1, 0.15) is 11.5 Å². The zero-order chi connectivity index (χ0) is 15.5. The average Bonchev–Trinajstić information content (AvgIpc) is 2.42. The predicted octanol–water partition coefficient (Wildman–Crippen LogP) is 1.33. The Morgan fingerprint density at radius 1 is 0.857 bits per heavy atom. The van der Waals surface area contributed by atoms with E-state index in [0.29, 0.717) is 0 Å². The summed E-state index contributed by atoms with van der Waals surface area (Å²) in [5.74, 6) is -2.13. The van der Waals surface area contributed by atoms with Gasteiger partial charge in [0.25, 0.3) is 0 Å². The van der Waals surface area contributed by atoms with Crippen molar-refractivity contribution in [2.45, 2.75) is 4.90 Å². The lowest BCUT2D eigenvalue weighted by atomic mass is 9.81. The fraction of sp³-hybridized carbons (Fsp3) is 0. The summed E-state index contributed by atoms with van der Waals surface area (Å²) in [5.41, 5.74) is 10.8. The van der Waals surface area contributed by atoms with Crippen molar-refractivity contribution in [2.75, 3.05) is 11.5 Å². The molecule has 0 aliphatic heterocycles. The molecule has 1 aliphatic carbocycles. The Balaban J connectivity index is 2.47. The van der Waals surface area contributed by atoms with Gasteiger partial charge in [-0.1, -0.05) is 0 Å². The molecule has 0 unspecified atom stereocenters. The van der Waals surface area contributed by atoms with Crippen LogP contribution in [0.5, 0.6) is 11.5 Å². The molecule has 1 aliphatic rings. The minimum atomic E-state index is -0.673. The van der Waals surface area contributed by atoms with Gasteiger partial charge in [0.15, 0.2) is 0 Å². The molecular weight excluding hydrogens is 292 g/mol. The van der Waals surface area contributed by atoms with Gasteiger partial charge in [-0.2, -0.15) is 0 Å². The Hall–Kier alpha value is -2.67. The molecule has 21 heavy (non-hydrogen) atoms. The van der Waals surface area contributed by atoms with Gasteiger partial charge in [0, 0.05) is 16.3 Å². The first-order chi connectivity index (χ1) is 9.84. The summed E-state index contributed by atoms with van der Waals surface area (Å²) in [5, 5.41) is 19.9. The van der Waals surface area contributed by atoms with E-state index in [1.807, 2.05) is 0 Å². The number of phenols is 2. The van der Waals surface area contributed by atoms with E-state index in [9.17, 15) is 19.8 Å². The molecule has 0 aromatic heterocycles. The van der Waals surface area contributed by atoms with Crippen LogP contribution in [0, 0.1) is 0 Å². The molecule has 0 radical (unpaired) electrons. The number of nitrogens with two attached hydrogens (primary N) is 2. The number of carbonyl (C=O) groups excluding carboxylic acids is 2. The zero-order valence-corrected chi connectivity index (χ0v) is 11.4. The summed E-state index contributed by atoms with van der Waals surface area (Å²) in [6.07, 6.45) is 0. The molecule has 0 saturated heterocycles. The lowest BCUT2D eigenvalue weighted by Gasteiger charge is -2.22. The second kappa shape index (κ2) is 4.16. The molecular formula is C14H10N2O4S. The molecule has 2 aromatic rings. The van der Waals surface area contributed by atoms with Crippen molar-refractivity contribution in [3.63, 3.8) is 0 Å². The highest BCUT2D eigenvalue weighted by molar-refractivity contribution is 7.80. The highest BCUT2D eigenvalue weighted by atomic mass is 32.1. The highest BCUT2D eigenvalue weighted by Gasteiger charge is 2.37. The minimum Gasteiger partial charge on any atom is -0.507 e. The monoisotopic (exact) mass is 302 g/mol. The van der Waals surface area contributed by atoms with Gasteiger partial charge >= 0.3 is 0 Å². The summed E-state index contributed by atoms with van der Waals surface area (Å²) in [6.45, 7) is 0. The smallest absolute Gasteiger partial charge is 0.200 e. The van der Waals surface area contributed by atoms with E-state index in [-0.39, 0.29) is 44.3 Å². The Morgan fingerprint density at radius 3 is 2.10 bits per heavy atom. The van der Waals surface area contributed by atoms with Crippen LogP contribution in [0.4, 0.5) is 11.4 Å². The number of thiol groups is 1. The van der Waals surface area contributed by atoms with Crippen LogP contribution in [0.15, 0.2) is 23.1 Å². The number of carbonyl (C=O) groups is 2. The fourth-order valence-electron chi connectivity index (χ4n) is 2.48. The third kappa shape index (κ3) is 1.61. The molecule has 2 aromatic carbocycles. The van der Waals surface area contributed by atoms with Gasteiger partial charge in [-0.05, 0) is 18.2 Å². The van der Waals surface area contributed by atoms with Crippen LogP contribution in [0.1, 0.15) is 31.8 Å². The molecule has 0 saturated carbocycles. The molecule has 0 heterocycles. The molecule has 6 N–H and O–H groups in total. The normalized spacial score (nSPS) is 13.0. The molecule has 0 atom stereocenters. The van der Waals surface area contributed by atoms with E-state index in [1.165, 1.54) is 18.2 Å². The van der Waals surface area contributed by atoms with Crippen molar-refractivity contribution >= 4 is 35.6 Å². The van der Waals surface area contributed by atoms with Crippen LogP contribution in [-0.2, 0) is 0 Å². The van der Waals surface area contributed by atoms with Crippen molar-refractivity contribution in [1.29, 1.82) is 0 Å². The lowest BCUT2D eigenvalue weighted by molar-refractivity contribution is 0.0975. The van der Waals surface area contributed by atoms with Crippen LogP contribution in [-0.4, -0.2) is 21.8 Å². The quantitative estimate of drug-likeness (QED) is 0.242. The molecule has 0 bridgehead atoms. The van der Waals surface area contributed by atoms with E-state index in [2.05, 4.69) is 12.6 Å². The first-order valence-corrected chi connectivity index (χ1v) is 6.34. The van der Waals surface area contributed by atoms with Gasteiger partial charge in [0.05, 0.1) is 22.3 Å². The van der Waals surface area contributed by atoms with E-state index in [1.54, 1.807) is 0 Å². The highest BCUT2D eigenvalue weighted by Crippen LogP contribution is 2.43. The number of hydrogen-bond donors (Lipinski definition) is 5.